The number of nitrogen functional groups attached to an aromatic ring is 1. The van der Waals surface area contributed by atoms with Crippen molar-refractivity contribution in [1.29, 1.82) is 0 Å². The molecule has 3 rings (SSSR count). The number of alkyl halides is 1. The average Bonchev–Trinajstić information content (AvgIpc) is 2.80. The van der Waals surface area contributed by atoms with Crippen molar-refractivity contribution in [2.24, 2.45) is 0 Å². The van der Waals surface area contributed by atoms with Crippen molar-refractivity contribution in [2.75, 3.05) is 23.9 Å². The van der Waals surface area contributed by atoms with Crippen LogP contribution in [0.15, 0.2) is 42.5 Å². The lowest BCUT2D eigenvalue weighted by Gasteiger charge is -2.13. The first-order valence-corrected chi connectivity index (χ1v) is 7.19. The zero-order valence-electron chi connectivity index (χ0n) is 12.3. The SMILES string of the molecule is Nc1ccc(N2C(=O)c3ccc(OCCCF)cc3C2=O)cc1. The van der Waals surface area contributed by atoms with E-state index < -0.39 is 12.6 Å². The molecule has 1 aliphatic rings. The van der Waals surface area contributed by atoms with Crippen LogP contribution in [0.5, 0.6) is 5.75 Å². The summed E-state index contributed by atoms with van der Waals surface area (Å²) in [6, 6.07) is 11.2. The molecule has 5 nitrogen and oxygen atoms in total. The second-order valence-corrected chi connectivity index (χ2v) is 5.14. The summed E-state index contributed by atoms with van der Waals surface area (Å²) in [6.45, 7) is -0.244. The zero-order valence-corrected chi connectivity index (χ0v) is 12.3. The van der Waals surface area contributed by atoms with Crippen LogP contribution in [0, 0.1) is 0 Å². The predicted octanol–water partition coefficient (Wildman–Crippen LogP) is 2.81. The highest BCUT2D eigenvalue weighted by molar-refractivity contribution is 6.34. The molecule has 0 saturated carbocycles. The Kier molecular flexibility index (Phi) is 3.97. The molecule has 0 saturated heterocycles. The standard InChI is InChI=1S/C17H15FN2O3/c18-8-1-9-23-13-6-7-14-15(10-13)17(22)20(16(14)21)12-4-2-11(19)3-5-12/h2-7,10H,1,8-9,19H2. The van der Waals surface area contributed by atoms with Gasteiger partial charge in [-0.3, -0.25) is 14.0 Å². The van der Waals surface area contributed by atoms with Crippen LogP contribution in [0.3, 0.4) is 0 Å². The smallest absolute Gasteiger partial charge is 0.266 e. The summed E-state index contributed by atoms with van der Waals surface area (Å²) in [5.41, 5.74) is 7.24. The maximum Gasteiger partial charge on any atom is 0.266 e. The fourth-order valence-corrected chi connectivity index (χ4v) is 2.41. The Morgan fingerprint density at radius 2 is 1.70 bits per heavy atom. The molecular formula is C17H15FN2O3. The monoisotopic (exact) mass is 314 g/mol. The van der Waals surface area contributed by atoms with E-state index in [4.69, 9.17) is 10.5 Å². The molecule has 0 aliphatic carbocycles. The molecule has 0 fully saturated rings. The number of carbonyl (C=O) groups excluding carboxylic acids is 2. The van der Waals surface area contributed by atoms with Gasteiger partial charge in [-0.25, -0.2) is 4.90 Å². The van der Waals surface area contributed by atoms with Crippen molar-refractivity contribution in [3.05, 3.63) is 53.6 Å². The minimum atomic E-state index is -0.465. The number of ether oxygens (including phenoxy) is 1. The van der Waals surface area contributed by atoms with E-state index in [1.54, 1.807) is 36.4 Å². The minimum absolute atomic E-state index is 0.221. The van der Waals surface area contributed by atoms with E-state index in [9.17, 15) is 14.0 Å². The van der Waals surface area contributed by atoms with Crippen LogP contribution in [0.4, 0.5) is 15.8 Å². The number of nitrogens with zero attached hydrogens (tertiary/aromatic N) is 1. The maximum atomic E-state index is 12.5. The van der Waals surface area contributed by atoms with E-state index in [-0.39, 0.29) is 24.5 Å². The maximum absolute atomic E-state index is 12.5. The quantitative estimate of drug-likeness (QED) is 0.523. The van der Waals surface area contributed by atoms with E-state index in [1.807, 2.05) is 0 Å². The summed E-state index contributed by atoms with van der Waals surface area (Å²) in [5, 5.41) is 0. The van der Waals surface area contributed by atoms with E-state index in [1.165, 1.54) is 6.07 Å². The first-order valence-electron chi connectivity index (χ1n) is 7.19. The molecule has 0 spiro atoms. The minimum Gasteiger partial charge on any atom is -0.493 e. The van der Waals surface area contributed by atoms with Gasteiger partial charge in [0.25, 0.3) is 11.8 Å². The summed E-state index contributed by atoms with van der Waals surface area (Å²) >= 11 is 0. The first-order chi connectivity index (χ1) is 11.1. The summed E-state index contributed by atoms with van der Waals surface area (Å²) in [7, 11) is 0. The number of anilines is 2. The Bertz CT molecular complexity index is 759. The van der Waals surface area contributed by atoms with Crippen molar-refractivity contribution >= 4 is 23.2 Å². The normalized spacial score (nSPS) is 13.3. The Morgan fingerprint density at radius 1 is 1.00 bits per heavy atom. The highest BCUT2D eigenvalue weighted by Crippen LogP contribution is 2.31. The third-order valence-electron chi connectivity index (χ3n) is 3.56. The number of benzene rings is 2. The topological polar surface area (TPSA) is 72.6 Å². The molecule has 1 aliphatic heterocycles. The van der Waals surface area contributed by atoms with Gasteiger partial charge in [-0.15, -0.1) is 0 Å². The van der Waals surface area contributed by atoms with E-state index in [2.05, 4.69) is 0 Å². The number of halogens is 1. The summed E-state index contributed by atoms with van der Waals surface area (Å²) < 4.78 is 17.5. The fraction of sp³-hybridized carbons (Fsp3) is 0.176. The van der Waals surface area contributed by atoms with Crippen molar-refractivity contribution in [3.63, 3.8) is 0 Å². The van der Waals surface area contributed by atoms with Crippen LogP contribution < -0.4 is 15.4 Å². The Balaban J connectivity index is 1.89. The van der Waals surface area contributed by atoms with Gasteiger partial charge in [0.05, 0.1) is 30.1 Å². The second kappa shape index (κ2) is 6.08. The molecule has 0 bridgehead atoms. The zero-order chi connectivity index (χ0) is 16.4. The van der Waals surface area contributed by atoms with Crippen LogP contribution in [-0.4, -0.2) is 25.1 Å². The number of fused-ring (bicyclic) bond motifs is 1. The molecule has 0 aromatic heterocycles. The lowest BCUT2D eigenvalue weighted by molar-refractivity contribution is 0.0926. The number of imide groups is 1. The number of hydrogen-bond donors (Lipinski definition) is 1. The van der Waals surface area contributed by atoms with Gasteiger partial charge in [-0.1, -0.05) is 0 Å². The van der Waals surface area contributed by atoms with Gasteiger partial charge in [0, 0.05) is 12.1 Å². The summed E-state index contributed by atoms with van der Waals surface area (Å²) in [5.74, 6) is -0.353. The van der Waals surface area contributed by atoms with Gasteiger partial charge >= 0.3 is 0 Å². The molecule has 118 valence electrons. The Morgan fingerprint density at radius 3 is 2.39 bits per heavy atom. The van der Waals surface area contributed by atoms with Crippen LogP contribution in [0.1, 0.15) is 27.1 Å². The van der Waals surface area contributed by atoms with E-state index in [0.717, 1.165) is 4.90 Å². The molecular weight excluding hydrogens is 299 g/mol. The van der Waals surface area contributed by atoms with E-state index in [0.29, 0.717) is 22.7 Å². The number of nitrogens with two attached hydrogens (primary N) is 1. The number of hydrogen-bond acceptors (Lipinski definition) is 4. The summed E-state index contributed by atoms with van der Waals surface area (Å²) in [4.78, 5) is 26.1. The lowest BCUT2D eigenvalue weighted by atomic mass is 10.1. The predicted molar refractivity (Wildman–Crippen MR) is 84.5 cm³/mol. The molecule has 0 atom stereocenters. The molecule has 2 aromatic carbocycles. The summed E-state index contributed by atoms with van der Waals surface area (Å²) in [6.07, 6.45) is 0.279. The molecule has 0 radical (unpaired) electrons. The van der Waals surface area contributed by atoms with Gasteiger partial charge in [-0.05, 0) is 42.5 Å². The van der Waals surface area contributed by atoms with Crippen LogP contribution in [0.2, 0.25) is 0 Å². The number of carbonyl (C=O) groups is 2. The van der Waals surface area contributed by atoms with Crippen LogP contribution >= 0.6 is 0 Å². The third-order valence-corrected chi connectivity index (χ3v) is 3.56. The van der Waals surface area contributed by atoms with Crippen LogP contribution in [0.25, 0.3) is 0 Å². The Labute approximate surface area is 132 Å². The third kappa shape index (κ3) is 2.75. The number of rotatable bonds is 5. The fourth-order valence-electron chi connectivity index (χ4n) is 2.41. The van der Waals surface area contributed by atoms with Gasteiger partial charge in [0.1, 0.15) is 5.75 Å². The Hall–Kier alpha value is -2.89. The first kappa shape index (κ1) is 15.0. The van der Waals surface area contributed by atoms with Crippen molar-refractivity contribution in [1.82, 2.24) is 0 Å². The second-order valence-electron chi connectivity index (χ2n) is 5.14. The van der Waals surface area contributed by atoms with Gasteiger partial charge in [-0.2, -0.15) is 0 Å². The average molecular weight is 314 g/mol. The molecule has 23 heavy (non-hydrogen) atoms. The molecule has 0 unspecified atom stereocenters. The lowest BCUT2D eigenvalue weighted by Crippen LogP contribution is -2.29. The molecule has 2 N–H and O–H groups in total. The molecule has 1 heterocycles. The van der Waals surface area contributed by atoms with Crippen molar-refractivity contribution in [2.45, 2.75) is 6.42 Å². The molecule has 6 heteroatoms. The highest BCUT2D eigenvalue weighted by Gasteiger charge is 2.36. The van der Waals surface area contributed by atoms with Crippen molar-refractivity contribution < 1.29 is 18.7 Å². The van der Waals surface area contributed by atoms with Gasteiger partial charge < -0.3 is 10.5 Å². The largest absolute Gasteiger partial charge is 0.493 e. The number of amides is 2. The van der Waals surface area contributed by atoms with Crippen LogP contribution in [-0.2, 0) is 0 Å². The van der Waals surface area contributed by atoms with E-state index >= 15 is 0 Å². The van der Waals surface area contributed by atoms with Gasteiger partial charge in [0.2, 0.25) is 0 Å². The molecule has 2 aromatic rings. The van der Waals surface area contributed by atoms with Crippen molar-refractivity contribution in [3.8, 4) is 5.75 Å². The molecule has 2 amide bonds. The van der Waals surface area contributed by atoms with Gasteiger partial charge in [0.15, 0.2) is 0 Å². The highest BCUT2D eigenvalue weighted by atomic mass is 19.1.